The third kappa shape index (κ3) is 5.88. The molecule has 0 saturated heterocycles. The van der Waals surface area contributed by atoms with Crippen LogP contribution >= 0.6 is 27.5 Å². The molecule has 0 atom stereocenters. The van der Waals surface area contributed by atoms with E-state index in [1.165, 1.54) is 0 Å². The highest BCUT2D eigenvalue weighted by molar-refractivity contribution is 9.10. The summed E-state index contributed by atoms with van der Waals surface area (Å²) in [5.74, 6) is -0.0340. The SMILES string of the molecule is CC(=Cc1ccccc1)C(=O)NCCCCNc1cc(-c2ccccc2Cl)nc2c(Br)c[nH]c12. The highest BCUT2D eigenvalue weighted by Crippen LogP contribution is 2.34. The van der Waals surface area contributed by atoms with Crippen LogP contribution in [0.15, 0.2) is 76.9 Å². The zero-order chi connectivity index (χ0) is 23.9. The molecule has 2 aromatic heterocycles. The molecule has 0 saturated carbocycles. The van der Waals surface area contributed by atoms with E-state index in [0.29, 0.717) is 17.1 Å². The first kappa shape index (κ1) is 24.0. The van der Waals surface area contributed by atoms with Gasteiger partial charge in [-0.15, -0.1) is 0 Å². The van der Waals surface area contributed by atoms with Crippen LogP contribution < -0.4 is 10.6 Å². The smallest absolute Gasteiger partial charge is 0.246 e. The van der Waals surface area contributed by atoms with Gasteiger partial charge in [0.1, 0.15) is 5.52 Å². The molecule has 0 unspecified atom stereocenters. The minimum Gasteiger partial charge on any atom is -0.383 e. The molecule has 0 bridgehead atoms. The van der Waals surface area contributed by atoms with Crippen molar-refractivity contribution in [1.82, 2.24) is 15.3 Å². The molecule has 0 aliphatic carbocycles. The number of amides is 1. The number of aromatic nitrogens is 2. The van der Waals surface area contributed by atoms with Crippen LogP contribution in [0.2, 0.25) is 5.02 Å². The molecule has 34 heavy (non-hydrogen) atoms. The number of halogens is 2. The first-order chi connectivity index (χ1) is 16.5. The summed E-state index contributed by atoms with van der Waals surface area (Å²) < 4.78 is 0.904. The van der Waals surface area contributed by atoms with E-state index < -0.39 is 0 Å². The van der Waals surface area contributed by atoms with Crippen LogP contribution in [0.4, 0.5) is 5.69 Å². The van der Waals surface area contributed by atoms with Gasteiger partial charge in [0.05, 0.1) is 21.4 Å². The molecule has 174 valence electrons. The summed E-state index contributed by atoms with van der Waals surface area (Å²) >= 11 is 9.99. The summed E-state index contributed by atoms with van der Waals surface area (Å²) in [6.45, 7) is 3.24. The van der Waals surface area contributed by atoms with Gasteiger partial charge in [0.25, 0.3) is 0 Å². The van der Waals surface area contributed by atoms with Crippen LogP contribution in [0, 0.1) is 0 Å². The van der Waals surface area contributed by atoms with Crippen LogP contribution in [0.5, 0.6) is 0 Å². The average molecular weight is 538 g/mol. The quantitative estimate of drug-likeness (QED) is 0.158. The van der Waals surface area contributed by atoms with E-state index in [1.54, 1.807) is 0 Å². The maximum Gasteiger partial charge on any atom is 0.246 e. The van der Waals surface area contributed by atoms with Gasteiger partial charge in [-0.1, -0.05) is 60.1 Å². The van der Waals surface area contributed by atoms with E-state index in [2.05, 4.69) is 31.5 Å². The van der Waals surface area contributed by atoms with Crippen molar-refractivity contribution in [2.45, 2.75) is 19.8 Å². The zero-order valence-electron chi connectivity index (χ0n) is 18.9. The Morgan fingerprint density at radius 3 is 2.62 bits per heavy atom. The average Bonchev–Trinajstić information content (AvgIpc) is 3.22. The van der Waals surface area contributed by atoms with Crippen molar-refractivity contribution in [3.63, 3.8) is 0 Å². The lowest BCUT2D eigenvalue weighted by Gasteiger charge is -2.11. The minimum atomic E-state index is -0.0340. The number of pyridine rings is 1. The van der Waals surface area contributed by atoms with E-state index in [0.717, 1.165) is 57.4 Å². The summed E-state index contributed by atoms with van der Waals surface area (Å²) in [5.41, 5.74) is 6.20. The number of hydrogen-bond donors (Lipinski definition) is 3. The molecule has 0 radical (unpaired) electrons. The molecule has 1 amide bonds. The summed E-state index contributed by atoms with van der Waals surface area (Å²) in [5, 5.41) is 7.18. The van der Waals surface area contributed by atoms with Crippen LogP contribution in [0.1, 0.15) is 25.3 Å². The van der Waals surface area contributed by atoms with E-state index in [1.807, 2.05) is 79.9 Å². The fourth-order valence-corrected chi connectivity index (χ4v) is 4.33. The molecule has 4 aromatic rings. The van der Waals surface area contributed by atoms with Gasteiger partial charge in [-0.3, -0.25) is 4.79 Å². The van der Waals surface area contributed by atoms with Gasteiger partial charge in [0, 0.05) is 35.4 Å². The Bertz CT molecular complexity index is 1320. The fourth-order valence-electron chi connectivity index (χ4n) is 3.69. The molecule has 2 heterocycles. The number of hydrogen-bond acceptors (Lipinski definition) is 3. The lowest BCUT2D eigenvalue weighted by Crippen LogP contribution is -2.25. The van der Waals surface area contributed by atoms with Crippen molar-refractivity contribution in [3.05, 3.63) is 87.5 Å². The van der Waals surface area contributed by atoms with Crippen LogP contribution in [0.25, 0.3) is 28.4 Å². The van der Waals surface area contributed by atoms with Crippen molar-refractivity contribution in [2.24, 2.45) is 0 Å². The molecular formula is C27H26BrClN4O. The van der Waals surface area contributed by atoms with E-state index in [-0.39, 0.29) is 5.91 Å². The van der Waals surface area contributed by atoms with Crippen LogP contribution in [-0.4, -0.2) is 29.0 Å². The standard InChI is InChI=1S/C27H26BrClN4O/c1-18(15-19-9-3-2-4-10-19)27(34)31-14-8-7-13-30-24-16-23(20-11-5-6-12-22(20)29)33-25-21(28)17-32-26(24)25/h2-6,9-12,15-17,32H,7-8,13-14H2,1H3,(H,30,33)(H,31,34). The number of aromatic amines is 1. The van der Waals surface area contributed by atoms with Gasteiger partial charge >= 0.3 is 0 Å². The number of fused-ring (bicyclic) bond motifs is 1. The van der Waals surface area contributed by atoms with E-state index >= 15 is 0 Å². The second kappa shape index (κ2) is 11.4. The molecule has 0 aliphatic rings. The first-order valence-electron chi connectivity index (χ1n) is 11.2. The Kier molecular flexibility index (Phi) is 8.03. The Labute approximate surface area is 212 Å². The van der Waals surface area contributed by atoms with Crippen molar-refractivity contribution < 1.29 is 4.79 Å². The molecule has 0 aliphatic heterocycles. The minimum absolute atomic E-state index is 0.0340. The second-order valence-corrected chi connectivity index (χ2v) is 9.28. The zero-order valence-corrected chi connectivity index (χ0v) is 21.2. The highest BCUT2D eigenvalue weighted by Gasteiger charge is 2.13. The molecule has 7 heteroatoms. The Morgan fingerprint density at radius 1 is 1.09 bits per heavy atom. The second-order valence-electron chi connectivity index (χ2n) is 8.02. The third-order valence-corrected chi connectivity index (χ3v) is 6.42. The largest absolute Gasteiger partial charge is 0.383 e. The van der Waals surface area contributed by atoms with Gasteiger partial charge in [-0.05, 0) is 59.5 Å². The van der Waals surface area contributed by atoms with Crippen molar-refractivity contribution in [2.75, 3.05) is 18.4 Å². The van der Waals surface area contributed by atoms with Gasteiger partial charge in [-0.2, -0.15) is 0 Å². The molecular weight excluding hydrogens is 512 g/mol. The monoisotopic (exact) mass is 536 g/mol. The summed E-state index contributed by atoms with van der Waals surface area (Å²) in [7, 11) is 0. The Balaban J connectivity index is 1.33. The Morgan fingerprint density at radius 2 is 1.82 bits per heavy atom. The Hall–Kier alpha value is -3.09. The normalized spacial score (nSPS) is 11.6. The predicted molar refractivity (Wildman–Crippen MR) is 145 cm³/mol. The number of rotatable bonds is 9. The van der Waals surface area contributed by atoms with Gasteiger partial charge in [0.15, 0.2) is 0 Å². The maximum atomic E-state index is 12.3. The number of benzene rings is 2. The van der Waals surface area contributed by atoms with Crippen molar-refractivity contribution in [3.8, 4) is 11.3 Å². The highest BCUT2D eigenvalue weighted by atomic mass is 79.9. The summed E-state index contributed by atoms with van der Waals surface area (Å²) in [4.78, 5) is 20.4. The summed E-state index contributed by atoms with van der Waals surface area (Å²) in [6.07, 6.45) is 5.57. The number of carbonyl (C=O) groups is 1. The van der Waals surface area contributed by atoms with Gasteiger partial charge < -0.3 is 15.6 Å². The van der Waals surface area contributed by atoms with Gasteiger partial charge in [0.2, 0.25) is 5.91 Å². The molecule has 5 nitrogen and oxygen atoms in total. The van der Waals surface area contributed by atoms with E-state index in [4.69, 9.17) is 16.6 Å². The third-order valence-electron chi connectivity index (χ3n) is 5.48. The van der Waals surface area contributed by atoms with Crippen molar-refractivity contribution >= 4 is 56.2 Å². The maximum absolute atomic E-state index is 12.3. The number of H-pyrrole nitrogens is 1. The number of nitrogens with zero attached hydrogens (tertiary/aromatic N) is 1. The predicted octanol–water partition coefficient (Wildman–Crippen LogP) is 7.06. The molecule has 0 spiro atoms. The topological polar surface area (TPSA) is 69.8 Å². The summed E-state index contributed by atoms with van der Waals surface area (Å²) in [6, 6.07) is 19.6. The number of nitrogens with one attached hydrogen (secondary N) is 3. The van der Waals surface area contributed by atoms with Crippen molar-refractivity contribution in [1.29, 1.82) is 0 Å². The molecule has 0 fully saturated rings. The fraction of sp³-hybridized carbons (Fsp3) is 0.185. The van der Waals surface area contributed by atoms with Gasteiger partial charge in [-0.25, -0.2) is 4.98 Å². The number of carbonyl (C=O) groups excluding carboxylic acids is 1. The van der Waals surface area contributed by atoms with E-state index in [9.17, 15) is 4.79 Å². The molecule has 4 rings (SSSR count). The molecule has 3 N–H and O–H groups in total. The lowest BCUT2D eigenvalue weighted by atomic mass is 10.1. The molecule has 2 aromatic carbocycles. The lowest BCUT2D eigenvalue weighted by molar-refractivity contribution is -0.117. The number of anilines is 1. The van der Waals surface area contributed by atoms with Crippen LogP contribution in [0.3, 0.4) is 0 Å². The number of unbranched alkanes of at least 4 members (excludes halogenated alkanes) is 1. The van der Waals surface area contributed by atoms with Crippen LogP contribution in [-0.2, 0) is 4.79 Å². The first-order valence-corrected chi connectivity index (χ1v) is 12.4.